The summed E-state index contributed by atoms with van der Waals surface area (Å²) in [5, 5.41) is 0. The summed E-state index contributed by atoms with van der Waals surface area (Å²) in [6, 6.07) is 3.67. The molecule has 0 saturated heterocycles. The molecule has 8 heteroatoms. The fourth-order valence-corrected chi connectivity index (χ4v) is 2.77. The lowest BCUT2D eigenvalue weighted by Crippen LogP contribution is -2.26. The van der Waals surface area contributed by atoms with Crippen LogP contribution in [0.2, 0.25) is 0 Å². The summed E-state index contributed by atoms with van der Waals surface area (Å²) in [6.07, 6.45) is 1.07. The molecule has 5 N–H and O–H groups in total. The lowest BCUT2D eigenvalue weighted by Gasteiger charge is -2.09. The molecule has 0 saturated carbocycles. The summed E-state index contributed by atoms with van der Waals surface area (Å²) in [7, 11) is -3.99. The monoisotopic (exact) mass is 289 g/mol. The van der Waals surface area contributed by atoms with Crippen molar-refractivity contribution in [3.8, 4) is 0 Å². The van der Waals surface area contributed by atoms with E-state index < -0.39 is 26.6 Å². The van der Waals surface area contributed by atoms with E-state index in [4.69, 9.17) is 11.5 Å². The zero-order chi connectivity index (χ0) is 14.5. The first-order valence-corrected chi connectivity index (χ1v) is 7.15. The summed E-state index contributed by atoms with van der Waals surface area (Å²) in [6.45, 7) is 0.0867. The first-order chi connectivity index (χ1) is 8.84. The minimum Gasteiger partial charge on any atom is -0.398 e. The number of hydrogen-bond acceptors (Lipinski definition) is 4. The first kappa shape index (κ1) is 15.4. The molecule has 0 atom stereocenters. The second-order valence-corrected chi connectivity index (χ2v) is 5.68. The molecule has 0 aliphatic carbocycles. The summed E-state index contributed by atoms with van der Waals surface area (Å²) >= 11 is 0. The van der Waals surface area contributed by atoms with Gasteiger partial charge in [-0.2, -0.15) is 0 Å². The van der Waals surface area contributed by atoms with E-state index in [9.17, 15) is 17.6 Å². The fraction of sp³-hybridized carbons (Fsp3) is 0.364. The van der Waals surface area contributed by atoms with E-state index in [1.165, 1.54) is 12.1 Å². The van der Waals surface area contributed by atoms with Gasteiger partial charge in [0.25, 0.3) is 0 Å². The minimum atomic E-state index is -3.99. The predicted molar refractivity (Wildman–Crippen MR) is 69.0 cm³/mol. The number of nitrogens with one attached hydrogen (secondary N) is 1. The SMILES string of the molecule is NC(=O)CCCCNS(=O)(=O)c1c(N)cccc1F. The van der Waals surface area contributed by atoms with Crippen LogP contribution in [0.4, 0.5) is 10.1 Å². The number of rotatable bonds is 7. The van der Waals surface area contributed by atoms with Crippen molar-refractivity contribution in [1.82, 2.24) is 4.72 Å². The first-order valence-electron chi connectivity index (χ1n) is 5.66. The number of nitrogen functional groups attached to an aromatic ring is 1. The summed E-state index contributed by atoms with van der Waals surface area (Å²) in [4.78, 5) is 9.94. The van der Waals surface area contributed by atoms with Crippen molar-refractivity contribution in [3.63, 3.8) is 0 Å². The maximum atomic E-state index is 13.5. The number of carbonyl (C=O) groups excluding carboxylic acids is 1. The molecule has 0 aliphatic rings. The molecule has 19 heavy (non-hydrogen) atoms. The van der Waals surface area contributed by atoms with Crippen molar-refractivity contribution in [2.75, 3.05) is 12.3 Å². The molecule has 0 spiro atoms. The van der Waals surface area contributed by atoms with Crippen molar-refractivity contribution >= 4 is 21.6 Å². The van der Waals surface area contributed by atoms with E-state index in [1.807, 2.05) is 0 Å². The number of carbonyl (C=O) groups is 1. The molecule has 6 nitrogen and oxygen atoms in total. The molecule has 1 rings (SSSR count). The van der Waals surface area contributed by atoms with Gasteiger partial charge in [0.15, 0.2) is 0 Å². The second kappa shape index (κ2) is 6.48. The van der Waals surface area contributed by atoms with Gasteiger partial charge in [-0.05, 0) is 25.0 Å². The van der Waals surface area contributed by atoms with Gasteiger partial charge in [-0.25, -0.2) is 17.5 Å². The van der Waals surface area contributed by atoms with Gasteiger partial charge in [0.05, 0.1) is 5.69 Å². The average molecular weight is 289 g/mol. The highest BCUT2D eigenvalue weighted by atomic mass is 32.2. The van der Waals surface area contributed by atoms with Crippen LogP contribution in [0.5, 0.6) is 0 Å². The maximum absolute atomic E-state index is 13.5. The third-order valence-electron chi connectivity index (χ3n) is 2.41. The highest BCUT2D eigenvalue weighted by Gasteiger charge is 2.21. The minimum absolute atomic E-state index is 0.0867. The fourth-order valence-electron chi connectivity index (χ4n) is 1.51. The number of unbranched alkanes of at least 4 members (excludes halogenated alkanes) is 1. The Morgan fingerprint density at radius 2 is 2.00 bits per heavy atom. The summed E-state index contributed by atoms with van der Waals surface area (Å²) in [5.74, 6) is -1.34. The Labute approximate surface area is 111 Å². The van der Waals surface area contributed by atoms with Crippen molar-refractivity contribution in [2.24, 2.45) is 5.73 Å². The molecule has 1 amide bonds. The van der Waals surface area contributed by atoms with Gasteiger partial charge < -0.3 is 11.5 Å². The van der Waals surface area contributed by atoms with Crippen LogP contribution in [0.3, 0.4) is 0 Å². The molecule has 0 aliphatic heterocycles. The van der Waals surface area contributed by atoms with Gasteiger partial charge in [-0.3, -0.25) is 4.79 Å². The largest absolute Gasteiger partial charge is 0.398 e. The standard InChI is InChI=1S/C11H16FN3O3S/c12-8-4-3-5-9(13)11(8)19(17,18)15-7-2-1-6-10(14)16/h3-5,15H,1-2,6-7,13H2,(H2,14,16). The topological polar surface area (TPSA) is 115 Å². The number of anilines is 1. The molecular formula is C11H16FN3O3S. The summed E-state index contributed by atoms with van der Waals surface area (Å²) in [5.41, 5.74) is 10.3. The van der Waals surface area contributed by atoms with Crippen LogP contribution in [0.15, 0.2) is 23.1 Å². The third-order valence-corrected chi connectivity index (χ3v) is 3.96. The van der Waals surface area contributed by atoms with Gasteiger partial charge in [0.1, 0.15) is 10.7 Å². The Kier molecular flexibility index (Phi) is 5.25. The van der Waals surface area contributed by atoms with Crippen molar-refractivity contribution < 1.29 is 17.6 Å². The van der Waals surface area contributed by atoms with Crippen molar-refractivity contribution in [3.05, 3.63) is 24.0 Å². The van der Waals surface area contributed by atoms with Crippen molar-refractivity contribution in [1.29, 1.82) is 0 Å². The zero-order valence-corrected chi connectivity index (χ0v) is 11.0. The lowest BCUT2D eigenvalue weighted by atomic mass is 10.2. The molecule has 0 unspecified atom stereocenters. The molecule has 0 bridgehead atoms. The Morgan fingerprint density at radius 1 is 1.32 bits per heavy atom. The zero-order valence-electron chi connectivity index (χ0n) is 10.2. The molecule has 0 fully saturated rings. The van der Waals surface area contributed by atoms with E-state index in [2.05, 4.69) is 4.72 Å². The number of hydrogen-bond donors (Lipinski definition) is 3. The van der Waals surface area contributed by atoms with Gasteiger partial charge in [0.2, 0.25) is 15.9 Å². The predicted octanol–water partition coefficient (Wildman–Crippen LogP) is 0.342. The summed E-state index contributed by atoms with van der Waals surface area (Å²) < 4.78 is 39.4. The van der Waals surface area contributed by atoms with E-state index in [0.29, 0.717) is 12.8 Å². The van der Waals surface area contributed by atoms with Crippen LogP contribution in [0.25, 0.3) is 0 Å². The maximum Gasteiger partial charge on any atom is 0.245 e. The Morgan fingerprint density at radius 3 is 2.58 bits per heavy atom. The van der Waals surface area contributed by atoms with Gasteiger partial charge in [-0.15, -0.1) is 0 Å². The number of sulfonamides is 1. The van der Waals surface area contributed by atoms with Gasteiger partial charge >= 0.3 is 0 Å². The highest BCUT2D eigenvalue weighted by molar-refractivity contribution is 7.89. The molecular weight excluding hydrogens is 273 g/mol. The Bertz CT molecular complexity index is 540. The smallest absolute Gasteiger partial charge is 0.245 e. The molecule has 0 heterocycles. The number of nitrogens with two attached hydrogens (primary N) is 2. The molecule has 1 aromatic carbocycles. The molecule has 106 valence electrons. The van der Waals surface area contributed by atoms with Crippen LogP contribution in [0, 0.1) is 5.82 Å². The Hall–Kier alpha value is -1.67. The molecule has 1 aromatic rings. The Balaban J connectivity index is 2.64. The van der Waals surface area contributed by atoms with E-state index in [0.717, 1.165) is 6.07 Å². The number of halogens is 1. The number of benzene rings is 1. The van der Waals surface area contributed by atoms with Crippen LogP contribution < -0.4 is 16.2 Å². The third kappa shape index (κ3) is 4.49. The van der Waals surface area contributed by atoms with Gasteiger partial charge in [0, 0.05) is 13.0 Å². The molecule has 0 aromatic heterocycles. The highest BCUT2D eigenvalue weighted by Crippen LogP contribution is 2.21. The van der Waals surface area contributed by atoms with Crippen LogP contribution in [-0.4, -0.2) is 20.9 Å². The van der Waals surface area contributed by atoms with E-state index >= 15 is 0 Å². The van der Waals surface area contributed by atoms with E-state index in [-0.39, 0.29) is 18.7 Å². The second-order valence-electron chi connectivity index (χ2n) is 3.98. The van der Waals surface area contributed by atoms with Crippen LogP contribution in [0.1, 0.15) is 19.3 Å². The van der Waals surface area contributed by atoms with Crippen LogP contribution >= 0.6 is 0 Å². The molecule has 0 radical (unpaired) electrons. The van der Waals surface area contributed by atoms with Crippen LogP contribution in [-0.2, 0) is 14.8 Å². The average Bonchev–Trinajstić information content (AvgIpc) is 2.27. The normalized spacial score (nSPS) is 11.4. The number of primary amides is 1. The lowest BCUT2D eigenvalue weighted by molar-refractivity contribution is -0.118. The van der Waals surface area contributed by atoms with Gasteiger partial charge in [-0.1, -0.05) is 6.07 Å². The van der Waals surface area contributed by atoms with E-state index in [1.54, 1.807) is 0 Å². The quantitative estimate of drug-likeness (QED) is 0.496. The number of amides is 1. The van der Waals surface area contributed by atoms with Crippen molar-refractivity contribution in [2.45, 2.75) is 24.2 Å².